The summed E-state index contributed by atoms with van der Waals surface area (Å²) >= 11 is 0. The predicted molar refractivity (Wildman–Crippen MR) is 62.8 cm³/mol. The summed E-state index contributed by atoms with van der Waals surface area (Å²) in [5.41, 5.74) is 0.968. The van der Waals surface area contributed by atoms with Gasteiger partial charge in [0.15, 0.2) is 12.6 Å². The molecule has 18 heavy (non-hydrogen) atoms. The molecular formula is C13H16O5. The molecule has 0 unspecified atom stereocenters. The molecule has 0 radical (unpaired) electrons. The van der Waals surface area contributed by atoms with Crippen LogP contribution in [0.25, 0.3) is 0 Å². The van der Waals surface area contributed by atoms with Crippen LogP contribution in [0, 0.1) is 0 Å². The molecule has 0 saturated carbocycles. The minimum atomic E-state index is -0.964. The maximum Gasteiger partial charge on any atom is 0.186 e. The highest BCUT2D eigenvalue weighted by atomic mass is 16.7. The van der Waals surface area contributed by atoms with Gasteiger partial charge in [0.25, 0.3) is 0 Å². The quantitative estimate of drug-likeness (QED) is 0.773. The van der Waals surface area contributed by atoms with E-state index in [1.165, 1.54) is 7.11 Å². The smallest absolute Gasteiger partial charge is 0.186 e. The molecule has 0 amide bonds. The van der Waals surface area contributed by atoms with Gasteiger partial charge in [-0.3, -0.25) is 0 Å². The number of carbonyl (C=O) groups excluding carboxylic acids is 1. The van der Waals surface area contributed by atoms with E-state index in [0.29, 0.717) is 12.9 Å². The van der Waals surface area contributed by atoms with Gasteiger partial charge in [0.2, 0.25) is 0 Å². The van der Waals surface area contributed by atoms with Crippen LogP contribution < -0.4 is 0 Å². The zero-order valence-corrected chi connectivity index (χ0v) is 10.1. The Balaban J connectivity index is 1.97. The maximum absolute atomic E-state index is 10.9. The molecule has 2 rings (SSSR count). The second-order valence-electron chi connectivity index (χ2n) is 4.09. The first-order chi connectivity index (χ1) is 8.76. The van der Waals surface area contributed by atoms with Crippen molar-refractivity contribution in [3.05, 3.63) is 35.9 Å². The Morgan fingerprint density at radius 2 is 2.11 bits per heavy atom. The highest BCUT2D eigenvalue weighted by Crippen LogP contribution is 2.24. The van der Waals surface area contributed by atoms with Crippen LogP contribution in [-0.4, -0.2) is 43.1 Å². The summed E-state index contributed by atoms with van der Waals surface area (Å²) < 4.78 is 15.7. The van der Waals surface area contributed by atoms with Crippen molar-refractivity contribution in [2.45, 2.75) is 31.2 Å². The number of ether oxygens (including phenoxy) is 3. The third-order valence-electron chi connectivity index (χ3n) is 2.88. The first kappa shape index (κ1) is 13.2. The Kier molecular flexibility index (Phi) is 4.43. The summed E-state index contributed by atoms with van der Waals surface area (Å²) in [7, 11) is 1.41. The Bertz CT molecular complexity index is 380. The van der Waals surface area contributed by atoms with Gasteiger partial charge >= 0.3 is 0 Å². The summed E-state index contributed by atoms with van der Waals surface area (Å²) in [6.07, 6.45) is -2.66. The summed E-state index contributed by atoms with van der Waals surface area (Å²) in [6.45, 7) is 0.312. The molecule has 0 spiro atoms. The lowest BCUT2D eigenvalue weighted by molar-refractivity contribution is -0.153. The van der Waals surface area contributed by atoms with Gasteiger partial charge in [0.05, 0.1) is 6.61 Å². The van der Waals surface area contributed by atoms with Crippen molar-refractivity contribution in [2.24, 2.45) is 0 Å². The highest BCUT2D eigenvalue weighted by Gasteiger charge is 2.44. The van der Waals surface area contributed by atoms with Crippen LogP contribution >= 0.6 is 0 Å². The Labute approximate surface area is 105 Å². The van der Waals surface area contributed by atoms with Crippen molar-refractivity contribution in [2.75, 3.05) is 7.11 Å². The minimum absolute atomic E-state index is 0.312. The van der Waals surface area contributed by atoms with Gasteiger partial charge in [-0.25, -0.2) is 0 Å². The summed E-state index contributed by atoms with van der Waals surface area (Å²) in [6, 6.07) is 9.52. The predicted octanol–water partition coefficient (Wildman–Crippen LogP) is 0.503. The Hall–Kier alpha value is -1.27. The van der Waals surface area contributed by atoms with Gasteiger partial charge in [-0.1, -0.05) is 30.3 Å². The number of hydrogen-bond donors (Lipinski definition) is 1. The minimum Gasteiger partial charge on any atom is -0.385 e. The average Bonchev–Trinajstić information content (AvgIpc) is 2.73. The van der Waals surface area contributed by atoms with Gasteiger partial charge in [-0.15, -0.1) is 0 Å². The first-order valence-electron chi connectivity index (χ1n) is 5.73. The van der Waals surface area contributed by atoms with Crippen LogP contribution in [0.3, 0.4) is 0 Å². The van der Waals surface area contributed by atoms with Crippen molar-refractivity contribution < 1.29 is 24.1 Å². The topological polar surface area (TPSA) is 65.0 Å². The van der Waals surface area contributed by atoms with Gasteiger partial charge in [-0.2, -0.15) is 0 Å². The molecule has 0 bridgehead atoms. The number of benzene rings is 1. The molecule has 98 valence electrons. The first-order valence-corrected chi connectivity index (χ1v) is 5.73. The van der Waals surface area contributed by atoms with Crippen molar-refractivity contribution in [3.8, 4) is 0 Å². The van der Waals surface area contributed by atoms with E-state index in [-0.39, 0.29) is 0 Å². The summed E-state index contributed by atoms with van der Waals surface area (Å²) in [4.78, 5) is 10.9. The van der Waals surface area contributed by atoms with Gasteiger partial charge < -0.3 is 24.1 Å². The fraction of sp³-hybridized carbons (Fsp3) is 0.462. The van der Waals surface area contributed by atoms with E-state index in [1.807, 2.05) is 30.3 Å². The van der Waals surface area contributed by atoms with E-state index in [2.05, 4.69) is 0 Å². The highest BCUT2D eigenvalue weighted by molar-refractivity contribution is 5.58. The normalized spacial score (nSPS) is 31.4. The van der Waals surface area contributed by atoms with E-state index in [0.717, 1.165) is 5.56 Å². The fourth-order valence-electron chi connectivity index (χ4n) is 1.93. The van der Waals surface area contributed by atoms with E-state index >= 15 is 0 Å². The molecule has 0 aliphatic carbocycles. The van der Waals surface area contributed by atoms with Crippen molar-refractivity contribution in [1.29, 1.82) is 0 Å². The molecule has 4 atom stereocenters. The number of aliphatic hydroxyl groups excluding tert-OH is 1. The molecule has 5 heteroatoms. The number of aldehydes is 1. The van der Waals surface area contributed by atoms with Gasteiger partial charge in [-0.05, 0) is 5.56 Å². The van der Waals surface area contributed by atoms with Crippen LogP contribution in [0.2, 0.25) is 0 Å². The SMILES string of the molecule is CO[C@H]1O[C@H](C=O)[C@@H](OCc2ccccc2)[C@H]1O. The monoisotopic (exact) mass is 252 g/mol. The van der Waals surface area contributed by atoms with Crippen molar-refractivity contribution in [3.63, 3.8) is 0 Å². The zero-order valence-electron chi connectivity index (χ0n) is 10.1. The lowest BCUT2D eigenvalue weighted by atomic mass is 10.1. The van der Waals surface area contributed by atoms with Gasteiger partial charge in [0.1, 0.15) is 18.3 Å². The third kappa shape index (κ3) is 2.76. The average molecular weight is 252 g/mol. The fourth-order valence-corrected chi connectivity index (χ4v) is 1.93. The molecule has 1 fully saturated rings. The molecule has 1 aromatic carbocycles. The largest absolute Gasteiger partial charge is 0.385 e. The number of methoxy groups -OCH3 is 1. The molecule has 5 nitrogen and oxygen atoms in total. The van der Waals surface area contributed by atoms with Crippen LogP contribution in [-0.2, 0) is 25.6 Å². The molecule has 1 N–H and O–H groups in total. The van der Waals surface area contributed by atoms with E-state index in [1.54, 1.807) is 0 Å². The second kappa shape index (κ2) is 6.06. The second-order valence-corrected chi connectivity index (χ2v) is 4.09. The molecule has 1 aliphatic heterocycles. The Morgan fingerprint density at radius 3 is 2.72 bits per heavy atom. The van der Waals surface area contributed by atoms with Crippen LogP contribution in [0.4, 0.5) is 0 Å². The maximum atomic E-state index is 10.9. The van der Waals surface area contributed by atoms with E-state index < -0.39 is 24.6 Å². The third-order valence-corrected chi connectivity index (χ3v) is 2.88. The van der Waals surface area contributed by atoms with Gasteiger partial charge in [0, 0.05) is 7.11 Å². The molecular weight excluding hydrogens is 236 g/mol. The van der Waals surface area contributed by atoms with Crippen LogP contribution in [0.15, 0.2) is 30.3 Å². The van der Waals surface area contributed by atoms with Crippen LogP contribution in [0.5, 0.6) is 0 Å². The number of hydrogen-bond acceptors (Lipinski definition) is 5. The number of aliphatic hydroxyl groups is 1. The molecule has 0 aromatic heterocycles. The zero-order chi connectivity index (χ0) is 13.0. The summed E-state index contributed by atoms with van der Waals surface area (Å²) in [5.74, 6) is 0. The molecule has 1 aromatic rings. The molecule has 1 saturated heterocycles. The lowest BCUT2D eigenvalue weighted by Crippen LogP contribution is -2.36. The van der Waals surface area contributed by atoms with E-state index in [4.69, 9.17) is 14.2 Å². The molecule has 1 heterocycles. The van der Waals surface area contributed by atoms with Crippen molar-refractivity contribution >= 4 is 6.29 Å². The van der Waals surface area contributed by atoms with Crippen molar-refractivity contribution in [1.82, 2.24) is 0 Å². The number of carbonyl (C=O) groups is 1. The standard InChI is InChI=1S/C13H16O5/c1-16-13-11(15)12(10(7-14)18-13)17-8-9-5-3-2-4-6-9/h2-7,10-13,15H,8H2,1H3/t10-,11-,12-,13+/m1/s1. The summed E-state index contributed by atoms with van der Waals surface area (Å²) in [5, 5.41) is 9.89. The van der Waals surface area contributed by atoms with E-state index in [9.17, 15) is 9.90 Å². The van der Waals surface area contributed by atoms with Crippen LogP contribution in [0.1, 0.15) is 5.56 Å². The molecule has 1 aliphatic rings. The Morgan fingerprint density at radius 1 is 1.39 bits per heavy atom. The number of rotatable bonds is 5. The lowest BCUT2D eigenvalue weighted by Gasteiger charge is -2.17.